The number of Topliss-reactive ketones (excluding diaryl/α,β-unsaturated/α-hetero) is 1. The molecule has 0 aliphatic heterocycles. The first-order valence-corrected chi connectivity index (χ1v) is 7.41. The van der Waals surface area contributed by atoms with E-state index < -0.39 is 20.8 Å². The summed E-state index contributed by atoms with van der Waals surface area (Å²) in [7, 11) is 0. The van der Waals surface area contributed by atoms with E-state index >= 15 is 0 Å². The number of carbonyl (C=O) groups excluding carboxylic acids is 1. The molecular formula is C9H9AsO5-2. The van der Waals surface area contributed by atoms with Gasteiger partial charge in [0.2, 0.25) is 0 Å². The van der Waals surface area contributed by atoms with Crippen LogP contribution < -0.4 is 12.5 Å². The summed E-state index contributed by atoms with van der Waals surface area (Å²) in [6.45, 7) is -0.548. The van der Waals surface area contributed by atoms with Crippen molar-refractivity contribution in [1.82, 2.24) is 0 Å². The van der Waals surface area contributed by atoms with Crippen molar-refractivity contribution in [1.29, 1.82) is 0 Å². The molecule has 0 saturated carbocycles. The van der Waals surface area contributed by atoms with Gasteiger partial charge in [0.15, 0.2) is 0 Å². The predicted octanol–water partition coefficient (Wildman–Crippen LogP) is -2.91. The van der Waals surface area contributed by atoms with Gasteiger partial charge in [-0.25, -0.2) is 0 Å². The molecule has 0 radical (unpaired) electrons. The van der Waals surface area contributed by atoms with Gasteiger partial charge in [-0.3, -0.25) is 0 Å². The van der Waals surface area contributed by atoms with Crippen LogP contribution in [0.15, 0.2) is 24.3 Å². The summed E-state index contributed by atoms with van der Waals surface area (Å²) in [6.07, 6.45) is 0.0333. The molecule has 6 heteroatoms. The SMILES string of the molecule is O=C(CO)Cc1ccc([As](=O)([O-])[O-])cc1. The number of carbonyl (C=O) groups is 1. The zero-order valence-corrected chi connectivity index (χ0v) is 9.63. The van der Waals surface area contributed by atoms with Crippen LogP contribution in [0.25, 0.3) is 0 Å². The van der Waals surface area contributed by atoms with Gasteiger partial charge < -0.3 is 0 Å². The molecule has 0 atom stereocenters. The van der Waals surface area contributed by atoms with Crippen molar-refractivity contribution in [2.24, 2.45) is 0 Å². The number of hydrogen-bond donors (Lipinski definition) is 1. The van der Waals surface area contributed by atoms with Crippen LogP contribution in [0.3, 0.4) is 0 Å². The summed E-state index contributed by atoms with van der Waals surface area (Å²) in [5.41, 5.74) is 0.571. The molecule has 0 aliphatic rings. The number of aliphatic hydroxyl groups is 1. The van der Waals surface area contributed by atoms with Crippen LogP contribution in [0, 0.1) is 0 Å². The molecule has 1 rings (SSSR count). The van der Waals surface area contributed by atoms with Gasteiger partial charge in [-0.05, 0) is 0 Å². The van der Waals surface area contributed by atoms with Crippen LogP contribution in [-0.2, 0) is 15.0 Å². The molecule has 0 unspecified atom stereocenters. The second kappa shape index (κ2) is 4.77. The molecule has 0 spiro atoms. The summed E-state index contributed by atoms with van der Waals surface area (Å²) in [5, 5.41) is 8.49. The number of rotatable bonds is 4. The van der Waals surface area contributed by atoms with Gasteiger partial charge in [-0.2, -0.15) is 0 Å². The second-order valence-corrected chi connectivity index (χ2v) is 6.21. The van der Waals surface area contributed by atoms with Gasteiger partial charge >= 0.3 is 89.0 Å². The van der Waals surface area contributed by atoms with Crippen LogP contribution >= 0.6 is 0 Å². The minimum atomic E-state index is -5.32. The van der Waals surface area contributed by atoms with Gasteiger partial charge in [0.1, 0.15) is 0 Å². The van der Waals surface area contributed by atoms with E-state index in [0.717, 1.165) is 0 Å². The first-order valence-electron chi connectivity index (χ1n) is 4.17. The van der Waals surface area contributed by atoms with Gasteiger partial charge in [0, 0.05) is 0 Å². The third kappa shape index (κ3) is 3.64. The van der Waals surface area contributed by atoms with Gasteiger partial charge in [0.25, 0.3) is 0 Å². The fourth-order valence-electron chi connectivity index (χ4n) is 1.08. The molecular weight excluding hydrogens is 263 g/mol. The molecule has 1 aromatic carbocycles. The minimum absolute atomic E-state index is 0.0333. The molecule has 82 valence electrons. The van der Waals surface area contributed by atoms with Crippen molar-refractivity contribution < 1.29 is 21.8 Å². The van der Waals surface area contributed by atoms with E-state index in [-0.39, 0.29) is 16.6 Å². The van der Waals surface area contributed by atoms with Crippen LogP contribution in [0.5, 0.6) is 0 Å². The molecule has 0 amide bonds. The first-order chi connectivity index (χ1) is 6.93. The average Bonchev–Trinajstić information content (AvgIpc) is 2.17. The summed E-state index contributed by atoms with van der Waals surface area (Å²) in [6, 6.07) is 5.15. The number of aliphatic hydroxyl groups excluding tert-OH is 1. The normalized spacial score (nSPS) is 11.4. The molecule has 0 aromatic heterocycles. The van der Waals surface area contributed by atoms with E-state index in [0.29, 0.717) is 5.56 Å². The third-order valence-electron chi connectivity index (χ3n) is 1.83. The summed E-state index contributed by atoms with van der Waals surface area (Å²) >= 11 is -5.32. The van der Waals surface area contributed by atoms with E-state index in [9.17, 15) is 16.7 Å². The van der Waals surface area contributed by atoms with Crippen molar-refractivity contribution in [3.05, 3.63) is 29.8 Å². The Morgan fingerprint density at radius 3 is 2.20 bits per heavy atom. The van der Waals surface area contributed by atoms with E-state index in [4.69, 9.17) is 5.11 Å². The fraction of sp³-hybridized carbons (Fsp3) is 0.222. The molecule has 1 N–H and O–H groups in total. The topological polar surface area (TPSA) is 100 Å². The molecule has 15 heavy (non-hydrogen) atoms. The van der Waals surface area contributed by atoms with Crippen molar-refractivity contribution in [2.45, 2.75) is 6.42 Å². The van der Waals surface area contributed by atoms with E-state index in [1.807, 2.05) is 0 Å². The average molecular weight is 272 g/mol. The Balaban J connectivity index is 2.82. The van der Waals surface area contributed by atoms with Crippen molar-refractivity contribution in [3.63, 3.8) is 0 Å². The van der Waals surface area contributed by atoms with Crippen LogP contribution in [-0.4, -0.2) is 31.7 Å². The Labute approximate surface area is 89.4 Å². The summed E-state index contributed by atoms with van der Waals surface area (Å²) in [4.78, 5) is 10.8. The molecule has 0 saturated heterocycles. The molecule has 0 bridgehead atoms. The molecule has 0 fully saturated rings. The Morgan fingerprint density at radius 2 is 1.80 bits per heavy atom. The zero-order valence-electron chi connectivity index (χ0n) is 7.75. The van der Waals surface area contributed by atoms with Crippen LogP contribution in [0.2, 0.25) is 0 Å². The summed E-state index contributed by atoms with van der Waals surface area (Å²) < 4.78 is 31.7. The van der Waals surface area contributed by atoms with E-state index in [1.165, 1.54) is 24.3 Å². The Bertz CT molecular complexity index is 391. The van der Waals surface area contributed by atoms with Crippen molar-refractivity contribution in [3.8, 4) is 0 Å². The standard InChI is InChI=1S/C9H11AsO5/c11-6-9(12)5-7-1-3-8(4-2-7)10(13,14)15/h1-4,11H,5-6H2,(H2,13,14,15)/p-2. The van der Waals surface area contributed by atoms with Crippen LogP contribution in [0.1, 0.15) is 5.56 Å². The second-order valence-electron chi connectivity index (χ2n) is 3.04. The number of ketones is 1. The summed E-state index contributed by atoms with van der Waals surface area (Å²) in [5.74, 6) is -0.361. The Kier molecular flexibility index (Phi) is 3.88. The van der Waals surface area contributed by atoms with E-state index in [2.05, 4.69) is 0 Å². The van der Waals surface area contributed by atoms with E-state index in [1.54, 1.807) is 0 Å². The monoisotopic (exact) mass is 272 g/mol. The number of hydrogen-bond acceptors (Lipinski definition) is 5. The Morgan fingerprint density at radius 1 is 1.27 bits per heavy atom. The maximum absolute atomic E-state index is 10.8. The van der Waals surface area contributed by atoms with Gasteiger partial charge in [0.05, 0.1) is 0 Å². The quantitative estimate of drug-likeness (QED) is 0.592. The van der Waals surface area contributed by atoms with Crippen LogP contribution in [0.4, 0.5) is 0 Å². The zero-order chi connectivity index (χ0) is 11.5. The Hall–Kier alpha value is -0.872. The molecule has 0 aliphatic carbocycles. The third-order valence-corrected chi connectivity index (χ3v) is 3.78. The fourth-order valence-corrected chi connectivity index (χ4v) is 2.16. The first kappa shape index (κ1) is 12.2. The predicted molar refractivity (Wildman–Crippen MR) is 48.3 cm³/mol. The van der Waals surface area contributed by atoms with Crippen molar-refractivity contribution in [2.75, 3.05) is 6.61 Å². The number of benzene rings is 1. The molecule has 1 aromatic rings. The maximum atomic E-state index is 10.8. The molecule has 0 heterocycles. The van der Waals surface area contributed by atoms with Gasteiger partial charge in [-0.1, -0.05) is 0 Å². The van der Waals surface area contributed by atoms with Gasteiger partial charge in [-0.15, -0.1) is 0 Å². The van der Waals surface area contributed by atoms with Crippen molar-refractivity contribution >= 4 is 24.3 Å². The molecule has 5 nitrogen and oxygen atoms in total.